The summed E-state index contributed by atoms with van der Waals surface area (Å²) < 4.78 is 0. The lowest BCUT2D eigenvalue weighted by molar-refractivity contribution is -0.104. The standard InChI is InChI=1S/C10H6Cl2OS/c11-7-1-2-9-8(3-7)10(12)6(4-13)5-14-9/h1-4H,5H2. The third kappa shape index (κ3) is 1.70. The second-order valence-electron chi connectivity index (χ2n) is 2.89. The van der Waals surface area contributed by atoms with Gasteiger partial charge in [-0.15, -0.1) is 11.8 Å². The van der Waals surface area contributed by atoms with E-state index in [2.05, 4.69) is 0 Å². The van der Waals surface area contributed by atoms with Crippen LogP contribution < -0.4 is 0 Å². The van der Waals surface area contributed by atoms with Crippen molar-refractivity contribution >= 4 is 46.3 Å². The topological polar surface area (TPSA) is 17.1 Å². The molecule has 0 fully saturated rings. The van der Waals surface area contributed by atoms with Gasteiger partial charge in [-0.25, -0.2) is 0 Å². The second kappa shape index (κ2) is 3.97. The highest BCUT2D eigenvalue weighted by Crippen LogP contribution is 2.39. The second-order valence-corrected chi connectivity index (χ2v) is 4.72. The van der Waals surface area contributed by atoms with Gasteiger partial charge in [0.25, 0.3) is 0 Å². The first-order chi connectivity index (χ1) is 6.72. The van der Waals surface area contributed by atoms with Gasteiger partial charge >= 0.3 is 0 Å². The van der Waals surface area contributed by atoms with Crippen LogP contribution in [0.15, 0.2) is 28.7 Å². The van der Waals surface area contributed by atoms with Crippen molar-refractivity contribution in [3.05, 3.63) is 34.4 Å². The van der Waals surface area contributed by atoms with Crippen molar-refractivity contribution in [3.8, 4) is 0 Å². The first-order valence-corrected chi connectivity index (χ1v) is 5.73. The number of fused-ring (bicyclic) bond motifs is 1. The van der Waals surface area contributed by atoms with E-state index >= 15 is 0 Å². The van der Waals surface area contributed by atoms with Crippen LogP contribution in [0.3, 0.4) is 0 Å². The fourth-order valence-corrected chi connectivity index (χ4v) is 2.86. The monoisotopic (exact) mass is 244 g/mol. The summed E-state index contributed by atoms with van der Waals surface area (Å²) in [6.45, 7) is 0. The zero-order chi connectivity index (χ0) is 10.1. The van der Waals surface area contributed by atoms with Gasteiger partial charge in [0.1, 0.15) is 6.29 Å². The summed E-state index contributed by atoms with van der Waals surface area (Å²) in [5.74, 6) is 0.636. The molecule has 2 rings (SSSR count). The largest absolute Gasteiger partial charge is 0.298 e. The number of hydrogen-bond acceptors (Lipinski definition) is 2. The molecule has 72 valence electrons. The Hall–Kier alpha value is -0.440. The van der Waals surface area contributed by atoms with Gasteiger partial charge in [-0.3, -0.25) is 4.79 Å². The molecular weight excluding hydrogens is 239 g/mol. The van der Waals surface area contributed by atoms with Gasteiger partial charge in [0.2, 0.25) is 0 Å². The lowest BCUT2D eigenvalue weighted by Gasteiger charge is -2.16. The van der Waals surface area contributed by atoms with Crippen LogP contribution in [0.5, 0.6) is 0 Å². The molecule has 0 N–H and O–H groups in total. The average Bonchev–Trinajstić information content (AvgIpc) is 2.20. The molecule has 0 unspecified atom stereocenters. The third-order valence-electron chi connectivity index (χ3n) is 1.99. The molecule has 0 bridgehead atoms. The molecule has 0 spiro atoms. The highest BCUT2D eigenvalue weighted by molar-refractivity contribution is 7.99. The SMILES string of the molecule is O=CC1=C(Cl)c2cc(Cl)ccc2SC1. The van der Waals surface area contributed by atoms with E-state index in [-0.39, 0.29) is 0 Å². The molecule has 1 heterocycles. The predicted octanol–water partition coefficient (Wildman–Crippen LogP) is 3.59. The molecule has 0 amide bonds. The summed E-state index contributed by atoms with van der Waals surface area (Å²) in [5.41, 5.74) is 1.49. The highest BCUT2D eigenvalue weighted by atomic mass is 35.5. The summed E-state index contributed by atoms with van der Waals surface area (Å²) in [6.07, 6.45) is 0.805. The van der Waals surface area contributed by atoms with Gasteiger partial charge in [0.05, 0.1) is 5.03 Å². The molecule has 0 saturated carbocycles. The Morgan fingerprint density at radius 3 is 2.86 bits per heavy atom. The Bertz CT molecular complexity index is 426. The highest BCUT2D eigenvalue weighted by Gasteiger charge is 2.17. The van der Waals surface area contributed by atoms with Crippen LogP contribution in [-0.2, 0) is 4.79 Å². The maximum atomic E-state index is 10.7. The van der Waals surface area contributed by atoms with Gasteiger partial charge in [-0.05, 0) is 18.2 Å². The molecule has 0 atom stereocenters. The molecule has 4 heteroatoms. The van der Waals surface area contributed by atoms with E-state index in [4.69, 9.17) is 23.2 Å². The number of aldehydes is 1. The number of benzene rings is 1. The van der Waals surface area contributed by atoms with E-state index in [9.17, 15) is 4.79 Å². The smallest absolute Gasteiger partial charge is 0.148 e. The number of carbonyl (C=O) groups excluding carboxylic acids is 1. The zero-order valence-corrected chi connectivity index (χ0v) is 9.42. The third-order valence-corrected chi connectivity index (χ3v) is 3.79. The molecule has 1 nitrogen and oxygen atoms in total. The first kappa shape index (κ1) is 10.1. The lowest BCUT2D eigenvalue weighted by atomic mass is 10.1. The van der Waals surface area contributed by atoms with E-state index in [1.807, 2.05) is 12.1 Å². The maximum absolute atomic E-state index is 10.7. The van der Waals surface area contributed by atoms with E-state index in [0.29, 0.717) is 21.4 Å². The molecule has 1 aliphatic rings. The van der Waals surface area contributed by atoms with E-state index in [1.165, 1.54) is 0 Å². The predicted molar refractivity (Wildman–Crippen MR) is 61.0 cm³/mol. The van der Waals surface area contributed by atoms with Gasteiger partial charge in [0, 0.05) is 26.8 Å². The van der Waals surface area contributed by atoms with Crippen molar-refractivity contribution in [3.63, 3.8) is 0 Å². The first-order valence-electron chi connectivity index (χ1n) is 3.99. The average molecular weight is 245 g/mol. The maximum Gasteiger partial charge on any atom is 0.148 e. The van der Waals surface area contributed by atoms with Crippen molar-refractivity contribution < 1.29 is 4.79 Å². The van der Waals surface area contributed by atoms with Gasteiger partial charge in [0.15, 0.2) is 0 Å². The fraction of sp³-hybridized carbons (Fsp3) is 0.100. The Labute approximate surface area is 96.1 Å². The van der Waals surface area contributed by atoms with Gasteiger partial charge in [-0.1, -0.05) is 23.2 Å². The Morgan fingerprint density at radius 2 is 2.14 bits per heavy atom. The van der Waals surface area contributed by atoms with E-state index in [1.54, 1.807) is 17.8 Å². The molecule has 0 aliphatic carbocycles. The van der Waals surface area contributed by atoms with Gasteiger partial charge < -0.3 is 0 Å². The summed E-state index contributed by atoms with van der Waals surface area (Å²) >= 11 is 13.5. The molecule has 1 aromatic carbocycles. The Balaban J connectivity index is 2.60. The zero-order valence-electron chi connectivity index (χ0n) is 7.09. The molecule has 1 aliphatic heterocycles. The number of halogens is 2. The quantitative estimate of drug-likeness (QED) is 0.703. The lowest BCUT2D eigenvalue weighted by Crippen LogP contribution is -2.00. The normalized spacial score (nSPS) is 15.3. The number of rotatable bonds is 1. The van der Waals surface area contributed by atoms with E-state index in [0.717, 1.165) is 16.7 Å². The van der Waals surface area contributed by atoms with Crippen LogP contribution in [-0.4, -0.2) is 12.0 Å². The van der Waals surface area contributed by atoms with Crippen molar-refractivity contribution in [2.45, 2.75) is 4.90 Å². The fourth-order valence-electron chi connectivity index (χ4n) is 1.28. The van der Waals surface area contributed by atoms with Gasteiger partial charge in [-0.2, -0.15) is 0 Å². The number of hydrogen-bond donors (Lipinski definition) is 0. The van der Waals surface area contributed by atoms with Crippen LogP contribution in [0.25, 0.3) is 5.03 Å². The minimum atomic E-state index is 0.524. The minimum Gasteiger partial charge on any atom is -0.298 e. The summed E-state index contributed by atoms with van der Waals surface area (Å²) in [4.78, 5) is 11.8. The van der Waals surface area contributed by atoms with Crippen molar-refractivity contribution in [1.82, 2.24) is 0 Å². The molecule has 14 heavy (non-hydrogen) atoms. The number of carbonyl (C=O) groups is 1. The van der Waals surface area contributed by atoms with Crippen LogP contribution >= 0.6 is 35.0 Å². The van der Waals surface area contributed by atoms with Crippen LogP contribution in [0, 0.1) is 0 Å². The molecule has 0 saturated heterocycles. The van der Waals surface area contributed by atoms with Crippen molar-refractivity contribution in [2.75, 3.05) is 5.75 Å². The van der Waals surface area contributed by atoms with Crippen LogP contribution in [0.4, 0.5) is 0 Å². The summed E-state index contributed by atoms with van der Waals surface area (Å²) in [7, 11) is 0. The molecular formula is C10H6Cl2OS. The van der Waals surface area contributed by atoms with Crippen molar-refractivity contribution in [1.29, 1.82) is 0 Å². The Morgan fingerprint density at radius 1 is 1.36 bits per heavy atom. The van der Waals surface area contributed by atoms with E-state index < -0.39 is 0 Å². The summed E-state index contributed by atoms with van der Waals surface area (Å²) in [6, 6.07) is 5.53. The molecule has 1 aromatic rings. The Kier molecular flexibility index (Phi) is 2.86. The number of thioether (sulfide) groups is 1. The molecule has 0 radical (unpaired) electrons. The minimum absolute atomic E-state index is 0.524. The molecule has 0 aromatic heterocycles. The van der Waals surface area contributed by atoms with Crippen molar-refractivity contribution in [2.24, 2.45) is 0 Å². The summed E-state index contributed by atoms with van der Waals surface area (Å²) in [5, 5.41) is 1.16. The van der Waals surface area contributed by atoms with Crippen LogP contribution in [0.2, 0.25) is 5.02 Å². The van der Waals surface area contributed by atoms with Crippen LogP contribution in [0.1, 0.15) is 5.56 Å².